The molecule has 0 amide bonds. The Morgan fingerprint density at radius 3 is 2.33 bits per heavy atom. The molecule has 1 rings (SSSR count). The van der Waals surface area contributed by atoms with Crippen molar-refractivity contribution in [3.63, 3.8) is 0 Å². The summed E-state index contributed by atoms with van der Waals surface area (Å²) in [6.07, 6.45) is 7.18. The average Bonchev–Trinajstić information content (AvgIpc) is 2.04. The van der Waals surface area contributed by atoms with Crippen LogP contribution in [-0.2, 0) is 4.89 Å². The van der Waals surface area contributed by atoms with Crippen LogP contribution in [0.15, 0.2) is 12.2 Å². The molecule has 0 spiro atoms. The second-order valence-electron chi connectivity index (χ2n) is 4.53. The molecule has 0 bridgehead atoms. The molecule has 12 heavy (non-hydrogen) atoms. The summed E-state index contributed by atoms with van der Waals surface area (Å²) in [6, 6.07) is 0. The largest absolute Gasteiger partial charge is 0.251 e. The first-order valence-corrected chi connectivity index (χ1v) is 4.52. The van der Waals surface area contributed by atoms with Crippen LogP contribution in [-0.4, -0.2) is 10.9 Å². The van der Waals surface area contributed by atoms with E-state index in [-0.39, 0.29) is 5.41 Å². The molecule has 0 aliphatic heterocycles. The molecule has 1 aliphatic carbocycles. The van der Waals surface area contributed by atoms with Crippen molar-refractivity contribution in [1.82, 2.24) is 0 Å². The molecule has 0 fully saturated rings. The lowest BCUT2D eigenvalue weighted by atomic mass is 9.71. The molecule has 0 saturated carbocycles. The molecule has 1 atom stereocenters. The summed E-state index contributed by atoms with van der Waals surface area (Å²) in [4.78, 5) is 4.66. The lowest BCUT2D eigenvalue weighted by Crippen LogP contribution is -2.44. The molecule has 0 saturated heterocycles. The van der Waals surface area contributed by atoms with Crippen molar-refractivity contribution in [1.29, 1.82) is 0 Å². The Bertz CT molecular complexity index is 179. The SMILES string of the molecule is CC(C)(C)C1(OO)C=CCCC1. The van der Waals surface area contributed by atoms with Crippen molar-refractivity contribution in [2.75, 3.05) is 0 Å². The van der Waals surface area contributed by atoms with Crippen LogP contribution in [0, 0.1) is 5.41 Å². The highest BCUT2D eigenvalue weighted by molar-refractivity contribution is 5.10. The summed E-state index contributed by atoms with van der Waals surface area (Å²) in [5.41, 5.74) is -0.510. The monoisotopic (exact) mass is 170 g/mol. The summed E-state index contributed by atoms with van der Waals surface area (Å²) >= 11 is 0. The maximum Gasteiger partial charge on any atom is 0.126 e. The maximum absolute atomic E-state index is 8.93. The third-order valence-corrected chi connectivity index (χ3v) is 2.74. The summed E-state index contributed by atoms with van der Waals surface area (Å²) in [6.45, 7) is 6.25. The molecule has 0 aromatic rings. The second-order valence-corrected chi connectivity index (χ2v) is 4.53. The van der Waals surface area contributed by atoms with Gasteiger partial charge in [-0.15, -0.1) is 0 Å². The standard InChI is InChI=1S/C10H18O2/c1-9(2,3)10(12-11)7-5-4-6-8-10/h5,7,11H,4,6,8H2,1-3H3. The zero-order valence-electron chi connectivity index (χ0n) is 8.13. The minimum atomic E-state index is -0.467. The Balaban J connectivity index is 2.88. The third-order valence-electron chi connectivity index (χ3n) is 2.74. The van der Waals surface area contributed by atoms with E-state index in [2.05, 4.69) is 31.7 Å². The van der Waals surface area contributed by atoms with Gasteiger partial charge in [0, 0.05) is 0 Å². The van der Waals surface area contributed by atoms with Crippen molar-refractivity contribution in [3.8, 4) is 0 Å². The molecule has 2 heteroatoms. The van der Waals surface area contributed by atoms with Crippen LogP contribution in [0.1, 0.15) is 40.0 Å². The van der Waals surface area contributed by atoms with Gasteiger partial charge in [0.15, 0.2) is 0 Å². The van der Waals surface area contributed by atoms with E-state index < -0.39 is 5.60 Å². The highest BCUT2D eigenvalue weighted by Crippen LogP contribution is 2.40. The lowest BCUT2D eigenvalue weighted by Gasteiger charge is -2.41. The fourth-order valence-corrected chi connectivity index (χ4v) is 1.68. The Hall–Kier alpha value is -0.340. The van der Waals surface area contributed by atoms with Crippen molar-refractivity contribution >= 4 is 0 Å². The topological polar surface area (TPSA) is 29.5 Å². The first kappa shape index (κ1) is 9.75. The average molecular weight is 170 g/mol. The van der Waals surface area contributed by atoms with E-state index in [1.807, 2.05) is 6.08 Å². The number of rotatable bonds is 1. The van der Waals surface area contributed by atoms with E-state index in [1.54, 1.807) is 0 Å². The molecule has 1 N–H and O–H groups in total. The lowest BCUT2D eigenvalue weighted by molar-refractivity contribution is -0.335. The van der Waals surface area contributed by atoms with Gasteiger partial charge in [-0.05, 0) is 24.7 Å². The highest BCUT2D eigenvalue weighted by Gasteiger charge is 2.42. The van der Waals surface area contributed by atoms with Crippen LogP contribution in [0.2, 0.25) is 0 Å². The maximum atomic E-state index is 8.93. The highest BCUT2D eigenvalue weighted by atomic mass is 17.1. The van der Waals surface area contributed by atoms with E-state index in [9.17, 15) is 0 Å². The third kappa shape index (κ3) is 1.54. The molecule has 1 unspecified atom stereocenters. The molecule has 1 aliphatic rings. The van der Waals surface area contributed by atoms with Crippen molar-refractivity contribution < 1.29 is 10.1 Å². The molecular weight excluding hydrogens is 152 g/mol. The van der Waals surface area contributed by atoms with Crippen LogP contribution in [0.5, 0.6) is 0 Å². The van der Waals surface area contributed by atoms with Gasteiger partial charge in [0.1, 0.15) is 5.60 Å². The molecule has 70 valence electrons. The minimum Gasteiger partial charge on any atom is -0.251 e. The van der Waals surface area contributed by atoms with Gasteiger partial charge in [-0.25, -0.2) is 4.89 Å². The van der Waals surface area contributed by atoms with E-state index in [0.29, 0.717) is 0 Å². The number of hydrogen-bond donors (Lipinski definition) is 1. The predicted molar refractivity (Wildman–Crippen MR) is 48.9 cm³/mol. The quantitative estimate of drug-likeness (QED) is 0.372. The van der Waals surface area contributed by atoms with Crippen molar-refractivity contribution in [3.05, 3.63) is 12.2 Å². The fourth-order valence-electron chi connectivity index (χ4n) is 1.68. The molecule has 0 radical (unpaired) electrons. The van der Waals surface area contributed by atoms with Gasteiger partial charge >= 0.3 is 0 Å². The number of hydrogen-bond acceptors (Lipinski definition) is 2. The first-order chi connectivity index (χ1) is 5.52. The van der Waals surface area contributed by atoms with Gasteiger partial charge in [-0.2, -0.15) is 0 Å². The Morgan fingerprint density at radius 1 is 1.42 bits per heavy atom. The summed E-state index contributed by atoms with van der Waals surface area (Å²) < 4.78 is 0. The van der Waals surface area contributed by atoms with Gasteiger partial charge in [0.25, 0.3) is 0 Å². The summed E-state index contributed by atoms with van der Waals surface area (Å²) in [5.74, 6) is 0. The van der Waals surface area contributed by atoms with Gasteiger partial charge in [-0.1, -0.05) is 32.9 Å². The molecule has 2 nitrogen and oxygen atoms in total. The van der Waals surface area contributed by atoms with Crippen molar-refractivity contribution in [2.45, 2.75) is 45.6 Å². The van der Waals surface area contributed by atoms with E-state index in [1.165, 1.54) is 0 Å². The Kier molecular flexibility index (Phi) is 2.59. The zero-order valence-corrected chi connectivity index (χ0v) is 8.13. The smallest absolute Gasteiger partial charge is 0.126 e. The molecule has 0 aromatic carbocycles. The molecule has 0 heterocycles. The van der Waals surface area contributed by atoms with Crippen LogP contribution in [0.3, 0.4) is 0 Å². The van der Waals surface area contributed by atoms with Gasteiger partial charge in [0.2, 0.25) is 0 Å². The van der Waals surface area contributed by atoms with E-state index >= 15 is 0 Å². The molecular formula is C10H18O2. The zero-order chi connectivity index (χ0) is 9.24. The predicted octanol–water partition coefficient (Wildman–Crippen LogP) is 3.00. The second kappa shape index (κ2) is 3.19. The van der Waals surface area contributed by atoms with E-state index in [0.717, 1.165) is 19.3 Å². The minimum absolute atomic E-state index is 0.0430. The van der Waals surface area contributed by atoms with Crippen LogP contribution in [0.25, 0.3) is 0 Å². The summed E-state index contributed by atoms with van der Waals surface area (Å²) in [7, 11) is 0. The van der Waals surface area contributed by atoms with Crippen LogP contribution >= 0.6 is 0 Å². The fraction of sp³-hybridized carbons (Fsp3) is 0.800. The van der Waals surface area contributed by atoms with Crippen LogP contribution < -0.4 is 0 Å². The normalized spacial score (nSPS) is 30.7. The van der Waals surface area contributed by atoms with E-state index in [4.69, 9.17) is 5.26 Å². The van der Waals surface area contributed by atoms with Crippen LogP contribution in [0.4, 0.5) is 0 Å². The summed E-state index contributed by atoms with van der Waals surface area (Å²) in [5, 5.41) is 8.93. The Morgan fingerprint density at radius 2 is 2.08 bits per heavy atom. The van der Waals surface area contributed by atoms with Gasteiger partial charge in [0.05, 0.1) is 0 Å². The van der Waals surface area contributed by atoms with Gasteiger partial charge < -0.3 is 0 Å². The van der Waals surface area contributed by atoms with Crippen molar-refractivity contribution in [2.24, 2.45) is 5.41 Å². The molecule has 0 aromatic heterocycles. The number of allylic oxidation sites excluding steroid dienone is 1. The Labute approximate surface area is 74.2 Å². The first-order valence-electron chi connectivity index (χ1n) is 4.52. The van der Waals surface area contributed by atoms with Gasteiger partial charge in [-0.3, -0.25) is 5.26 Å².